The number of aliphatic hydroxyl groups is 1. The molecule has 0 aliphatic carbocycles. The van der Waals surface area contributed by atoms with Gasteiger partial charge in [-0.2, -0.15) is 0 Å². The third kappa shape index (κ3) is 10.5. The number of aromatic nitrogens is 1. The largest absolute Gasteiger partial charge is 0.397 e. The molecule has 0 atom stereocenters. The van der Waals surface area contributed by atoms with Crippen LogP contribution in [0.25, 0.3) is 0 Å². The molecule has 2 nitrogen and oxygen atoms in total. The second-order valence-electron chi connectivity index (χ2n) is 1.34. The first-order valence-corrected chi connectivity index (χ1v) is 2.87. The van der Waals surface area contributed by atoms with Crippen LogP contribution in [0.4, 0.5) is 0 Å². The molecule has 3 heteroatoms. The summed E-state index contributed by atoms with van der Waals surface area (Å²) in [6, 6.07) is 5.72. The van der Waals surface area contributed by atoms with E-state index in [-0.39, 0.29) is 23.6 Å². The van der Waals surface area contributed by atoms with E-state index in [1.165, 1.54) is 0 Å². The zero-order valence-corrected chi connectivity index (χ0v) is 7.61. The predicted molar refractivity (Wildman–Crippen MR) is 47.3 cm³/mol. The van der Waals surface area contributed by atoms with Crippen LogP contribution in [0.15, 0.2) is 30.6 Å². The van der Waals surface area contributed by atoms with Crippen molar-refractivity contribution < 1.29 is 5.11 Å². The number of hydrogen-bond acceptors (Lipinski definition) is 2. The Balaban J connectivity index is 0. The highest BCUT2D eigenvalue weighted by molar-refractivity contribution is 8.93. The van der Waals surface area contributed by atoms with Crippen molar-refractivity contribution in [3.8, 4) is 0 Å². The molecule has 1 heterocycles. The van der Waals surface area contributed by atoms with Gasteiger partial charge in [0.1, 0.15) is 0 Å². The van der Waals surface area contributed by atoms with Gasteiger partial charge in [-0.3, -0.25) is 4.98 Å². The Kier molecular flexibility index (Phi) is 14.0. The summed E-state index contributed by atoms with van der Waals surface area (Å²) in [4.78, 5) is 3.78. The maximum Gasteiger partial charge on any atom is 0.0402 e. The van der Waals surface area contributed by atoms with Gasteiger partial charge in [0.15, 0.2) is 0 Å². The van der Waals surface area contributed by atoms with Crippen LogP contribution in [0.3, 0.4) is 0 Å². The van der Waals surface area contributed by atoms with Crippen molar-refractivity contribution in [1.82, 2.24) is 4.98 Å². The molecule has 0 unspecified atom stereocenters. The summed E-state index contributed by atoms with van der Waals surface area (Å²) in [5.74, 6) is 0. The molecule has 0 spiro atoms. The molecule has 1 aromatic rings. The number of rotatable bonds is 0. The highest BCUT2D eigenvalue weighted by atomic mass is 79.9. The molecule has 0 aliphatic heterocycles. The van der Waals surface area contributed by atoms with E-state index >= 15 is 0 Å². The first-order valence-electron chi connectivity index (χ1n) is 2.87. The van der Waals surface area contributed by atoms with Crippen LogP contribution >= 0.6 is 17.0 Å². The van der Waals surface area contributed by atoms with Crippen LogP contribution in [-0.4, -0.2) is 16.7 Å². The maximum atomic E-state index is 7.57. The molecule has 10 heavy (non-hydrogen) atoms. The average Bonchev–Trinajstić information content (AvgIpc) is 1.93. The van der Waals surface area contributed by atoms with Crippen molar-refractivity contribution in [3.63, 3.8) is 0 Å². The Morgan fingerprint density at radius 3 is 1.70 bits per heavy atom. The Hall–Kier alpha value is -0.410. The van der Waals surface area contributed by atoms with Crippen LogP contribution in [0.5, 0.6) is 0 Å². The highest BCUT2D eigenvalue weighted by Gasteiger charge is 1.58. The standard InChI is InChI=1S/C5H5N.C2H6O.BrH/c1-2-4-6-5-3-1;1-2-3;/h1-5H;3H,2H2,1H3;1H. The number of hydrogen-bond donors (Lipinski definition) is 1. The lowest BCUT2D eigenvalue weighted by molar-refractivity contribution is 0.318. The van der Waals surface area contributed by atoms with Gasteiger partial charge in [0.25, 0.3) is 0 Å². The van der Waals surface area contributed by atoms with Gasteiger partial charge >= 0.3 is 0 Å². The van der Waals surface area contributed by atoms with E-state index in [4.69, 9.17) is 5.11 Å². The first-order chi connectivity index (χ1) is 4.41. The Labute approximate surface area is 71.7 Å². The zero-order valence-electron chi connectivity index (χ0n) is 5.90. The molecule has 1 rings (SSSR count). The summed E-state index contributed by atoms with van der Waals surface area (Å²) >= 11 is 0. The summed E-state index contributed by atoms with van der Waals surface area (Å²) in [5.41, 5.74) is 0. The molecular weight excluding hydrogens is 194 g/mol. The third-order valence-electron chi connectivity index (χ3n) is 0.566. The summed E-state index contributed by atoms with van der Waals surface area (Å²) < 4.78 is 0. The zero-order chi connectivity index (χ0) is 6.95. The van der Waals surface area contributed by atoms with Gasteiger partial charge in [-0.15, -0.1) is 17.0 Å². The fraction of sp³-hybridized carbons (Fsp3) is 0.286. The molecule has 0 aliphatic rings. The monoisotopic (exact) mass is 205 g/mol. The van der Waals surface area contributed by atoms with Crippen LogP contribution in [0.1, 0.15) is 6.92 Å². The van der Waals surface area contributed by atoms with Gasteiger partial charge in [0.2, 0.25) is 0 Å². The number of aliphatic hydroxyl groups excluding tert-OH is 1. The molecule has 0 amide bonds. The molecule has 0 saturated heterocycles. The van der Waals surface area contributed by atoms with Crippen LogP contribution < -0.4 is 0 Å². The maximum absolute atomic E-state index is 7.57. The van der Waals surface area contributed by atoms with Gasteiger partial charge in [0, 0.05) is 19.0 Å². The SMILES string of the molecule is Br.CCO.c1ccncc1. The van der Waals surface area contributed by atoms with E-state index in [1.807, 2.05) is 18.2 Å². The highest BCUT2D eigenvalue weighted by Crippen LogP contribution is 1.73. The van der Waals surface area contributed by atoms with Crippen molar-refractivity contribution in [2.75, 3.05) is 6.61 Å². The Morgan fingerprint density at radius 1 is 1.20 bits per heavy atom. The Bertz CT molecular complexity index is 96.5. The van der Waals surface area contributed by atoms with E-state index in [1.54, 1.807) is 19.3 Å². The number of halogens is 1. The average molecular weight is 206 g/mol. The Morgan fingerprint density at radius 2 is 1.60 bits per heavy atom. The fourth-order valence-corrected chi connectivity index (χ4v) is 0.313. The van der Waals surface area contributed by atoms with Crippen molar-refractivity contribution in [2.45, 2.75) is 6.92 Å². The van der Waals surface area contributed by atoms with Gasteiger partial charge in [0.05, 0.1) is 0 Å². The predicted octanol–water partition coefficient (Wildman–Crippen LogP) is 1.66. The van der Waals surface area contributed by atoms with E-state index in [2.05, 4.69) is 4.98 Å². The van der Waals surface area contributed by atoms with Gasteiger partial charge in [-0.25, -0.2) is 0 Å². The van der Waals surface area contributed by atoms with Crippen LogP contribution in [0, 0.1) is 0 Å². The molecule has 1 aromatic heterocycles. The summed E-state index contributed by atoms with van der Waals surface area (Å²) in [6.07, 6.45) is 3.50. The minimum atomic E-state index is 0. The van der Waals surface area contributed by atoms with E-state index in [9.17, 15) is 0 Å². The lowest BCUT2D eigenvalue weighted by atomic mass is 10.5. The third-order valence-corrected chi connectivity index (χ3v) is 0.566. The summed E-state index contributed by atoms with van der Waals surface area (Å²) in [5, 5.41) is 7.57. The molecule has 0 aromatic carbocycles. The molecule has 0 saturated carbocycles. The molecule has 0 radical (unpaired) electrons. The van der Waals surface area contributed by atoms with E-state index < -0.39 is 0 Å². The summed E-state index contributed by atoms with van der Waals surface area (Å²) in [7, 11) is 0. The smallest absolute Gasteiger partial charge is 0.0402 e. The molecule has 0 bridgehead atoms. The molecule has 58 valence electrons. The van der Waals surface area contributed by atoms with Gasteiger partial charge in [-0.1, -0.05) is 6.07 Å². The first kappa shape index (κ1) is 12.3. The quantitative estimate of drug-likeness (QED) is 0.700. The topological polar surface area (TPSA) is 33.1 Å². The minimum absolute atomic E-state index is 0. The second-order valence-corrected chi connectivity index (χ2v) is 1.34. The van der Waals surface area contributed by atoms with Crippen LogP contribution in [-0.2, 0) is 0 Å². The van der Waals surface area contributed by atoms with Crippen molar-refractivity contribution in [3.05, 3.63) is 30.6 Å². The number of pyridine rings is 1. The lowest BCUT2D eigenvalue weighted by Gasteiger charge is -1.70. The van der Waals surface area contributed by atoms with E-state index in [0.29, 0.717) is 0 Å². The molecule has 1 N–H and O–H groups in total. The van der Waals surface area contributed by atoms with Crippen molar-refractivity contribution in [2.24, 2.45) is 0 Å². The molecular formula is C7H12BrNO. The lowest BCUT2D eigenvalue weighted by Crippen LogP contribution is -1.58. The van der Waals surface area contributed by atoms with Crippen molar-refractivity contribution >= 4 is 17.0 Å². The second kappa shape index (κ2) is 11.4. The van der Waals surface area contributed by atoms with Gasteiger partial charge in [-0.05, 0) is 19.1 Å². The fourth-order valence-electron chi connectivity index (χ4n) is 0.313. The minimum Gasteiger partial charge on any atom is -0.397 e. The van der Waals surface area contributed by atoms with Gasteiger partial charge < -0.3 is 5.11 Å². The van der Waals surface area contributed by atoms with Crippen LogP contribution in [0.2, 0.25) is 0 Å². The normalized spacial score (nSPS) is 6.60. The number of nitrogens with zero attached hydrogens (tertiary/aromatic N) is 1. The van der Waals surface area contributed by atoms with E-state index in [0.717, 1.165) is 0 Å². The summed E-state index contributed by atoms with van der Waals surface area (Å²) in [6.45, 7) is 1.93. The van der Waals surface area contributed by atoms with Crippen molar-refractivity contribution in [1.29, 1.82) is 0 Å². The molecule has 0 fully saturated rings.